The van der Waals surface area contributed by atoms with Gasteiger partial charge in [-0.3, -0.25) is 9.59 Å². The molecule has 0 aromatic heterocycles. The molecule has 130 valence electrons. The molecule has 1 aromatic carbocycles. The van der Waals surface area contributed by atoms with Gasteiger partial charge in [0, 0.05) is 19.5 Å². The van der Waals surface area contributed by atoms with E-state index in [1.807, 2.05) is 11.9 Å². The summed E-state index contributed by atoms with van der Waals surface area (Å²) >= 11 is 0. The Morgan fingerprint density at radius 2 is 1.92 bits per heavy atom. The van der Waals surface area contributed by atoms with Crippen LogP contribution in [-0.4, -0.2) is 28.9 Å². The molecular weight excluding hydrogens is 302 g/mol. The lowest BCUT2D eigenvalue weighted by Gasteiger charge is -2.46. The topological polar surface area (TPSA) is 57.6 Å². The zero-order valence-corrected chi connectivity index (χ0v) is 14.6. The Hall–Kier alpha value is -1.84. The number of rotatable bonds is 4. The van der Waals surface area contributed by atoms with Crippen LogP contribution >= 0.6 is 0 Å². The van der Waals surface area contributed by atoms with Crippen LogP contribution in [0, 0.1) is 24.2 Å². The van der Waals surface area contributed by atoms with Gasteiger partial charge in [0.1, 0.15) is 0 Å². The predicted octanol–water partition coefficient (Wildman–Crippen LogP) is 3.62. The van der Waals surface area contributed by atoms with Gasteiger partial charge in [0.25, 0.3) is 0 Å². The van der Waals surface area contributed by atoms with E-state index in [4.69, 9.17) is 0 Å². The molecule has 4 nitrogen and oxygen atoms in total. The second-order valence-electron chi connectivity index (χ2n) is 7.77. The number of carbonyl (C=O) groups is 2. The minimum absolute atomic E-state index is 0.00627. The fraction of sp³-hybridized carbons (Fsp3) is 0.600. The fourth-order valence-corrected chi connectivity index (χ4v) is 4.60. The summed E-state index contributed by atoms with van der Waals surface area (Å²) in [4.78, 5) is 26.4. The third-order valence-electron chi connectivity index (χ3n) is 6.07. The highest BCUT2D eigenvalue weighted by atomic mass is 16.4. The quantitative estimate of drug-likeness (QED) is 0.918. The highest BCUT2D eigenvalue weighted by molar-refractivity contribution is 5.80. The molecule has 3 unspecified atom stereocenters. The maximum atomic E-state index is 12.9. The van der Waals surface area contributed by atoms with Gasteiger partial charge < -0.3 is 10.0 Å². The van der Waals surface area contributed by atoms with Crippen molar-refractivity contribution < 1.29 is 14.7 Å². The van der Waals surface area contributed by atoms with E-state index in [9.17, 15) is 14.7 Å². The van der Waals surface area contributed by atoms with E-state index in [1.165, 1.54) is 5.56 Å². The molecule has 1 aromatic rings. The number of hydrogen-bond donors (Lipinski definition) is 1. The summed E-state index contributed by atoms with van der Waals surface area (Å²) < 4.78 is 0. The third-order valence-corrected chi connectivity index (χ3v) is 6.07. The standard InChI is InChI=1S/C20H27NO3/c1-14-5-7-15(8-6-14)13-21(2)18(22)17-9-11-20(19(23)24)10-3-4-16(17)12-20/h5-8,16-17H,3-4,9-13H2,1-2H3,(H,23,24). The minimum Gasteiger partial charge on any atom is -0.481 e. The van der Waals surface area contributed by atoms with Crippen molar-refractivity contribution in [2.45, 2.75) is 52.0 Å². The summed E-state index contributed by atoms with van der Waals surface area (Å²) in [6.45, 7) is 2.67. The first-order chi connectivity index (χ1) is 11.4. The van der Waals surface area contributed by atoms with Gasteiger partial charge >= 0.3 is 5.97 Å². The number of aryl methyl sites for hydroxylation is 1. The first-order valence-corrected chi connectivity index (χ1v) is 8.95. The fourth-order valence-electron chi connectivity index (χ4n) is 4.60. The number of amides is 1. The van der Waals surface area contributed by atoms with Gasteiger partial charge in [0.15, 0.2) is 0 Å². The summed E-state index contributed by atoms with van der Waals surface area (Å²) in [6.07, 6.45) is 4.74. The van der Waals surface area contributed by atoms with E-state index in [0.717, 1.165) is 24.8 Å². The van der Waals surface area contributed by atoms with Crippen molar-refractivity contribution in [2.24, 2.45) is 17.3 Å². The van der Waals surface area contributed by atoms with Crippen LogP contribution in [0.25, 0.3) is 0 Å². The van der Waals surface area contributed by atoms with Crippen LogP contribution in [0.4, 0.5) is 0 Å². The monoisotopic (exact) mass is 329 g/mol. The molecule has 2 aliphatic carbocycles. The van der Waals surface area contributed by atoms with Crippen molar-refractivity contribution in [2.75, 3.05) is 7.05 Å². The largest absolute Gasteiger partial charge is 0.481 e. The lowest BCUT2D eigenvalue weighted by atomic mass is 9.58. The highest BCUT2D eigenvalue weighted by Crippen LogP contribution is 2.51. The minimum atomic E-state index is -0.661. The molecule has 0 aliphatic heterocycles. The second-order valence-corrected chi connectivity index (χ2v) is 7.77. The van der Waals surface area contributed by atoms with Gasteiger partial charge in [0.05, 0.1) is 5.41 Å². The molecule has 3 rings (SSSR count). The molecule has 3 atom stereocenters. The molecule has 1 N–H and O–H groups in total. The zero-order chi connectivity index (χ0) is 17.3. The molecule has 2 fully saturated rings. The van der Waals surface area contributed by atoms with Crippen molar-refractivity contribution in [3.63, 3.8) is 0 Å². The van der Waals surface area contributed by atoms with Crippen LogP contribution in [0.1, 0.15) is 49.7 Å². The van der Waals surface area contributed by atoms with Gasteiger partial charge in [0.2, 0.25) is 5.91 Å². The third kappa shape index (κ3) is 3.19. The number of nitrogens with zero attached hydrogens (tertiary/aromatic N) is 1. The lowest BCUT2D eigenvalue weighted by molar-refractivity contribution is -0.159. The van der Waals surface area contributed by atoms with Gasteiger partial charge in [-0.2, -0.15) is 0 Å². The molecule has 0 heterocycles. The van der Waals surface area contributed by atoms with Crippen molar-refractivity contribution >= 4 is 11.9 Å². The van der Waals surface area contributed by atoms with Crippen molar-refractivity contribution in [3.05, 3.63) is 35.4 Å². The Kier molecular flexibility index (Phi) is 4.66. The number of carbonyl (C=O) groups excluding carboxylic acids is 1. The highest BCUT2D eigenvalue weighted by Gasteiger charge is 2.50. The van der Waals surface area contributed by atoms with Crippen LogP contribution in [0.3, 0.4) is 0 Å². The van der Waals surface area contributed by atoms with E-state index in [2.05, 4.69) is 31.2 Å². The van der Waals surface area contributed by atoms with Crippen LogP contribution in [0.5, 0.6) is 0 Å². The van der Waals surface area contributed by atoms with Crippen molar-refractivity contribution in [3.8, 4) is 0 Å². The molecule has 0 saturated heterocycles. The predicted molar refractivity (Wildman–Crippen MR) is 92.4 cm³/mol. The molecule has 4 heteroatoms. The van der Waals surface area contributed by atoms with Crippen LogP contribution in [-0.2, 0) is 16.1 Å². The Morgan fingerprint density at radius 3 is 2.58 bits per heavy atom. The molecule has 1 amide bonds. The Bertz CT molecular complexity index is 624. The number of benzene rings is 1. The summed E-state index contributed by atoms with van der Waals surface area (Å²) in [7, 11) is 1.87. The van der Waals surface area contributed by atoms with Gasteiger partial charge in [-0.15, -0.1) is 0 Å². The molecular formula is C20H27NO3. The van der Waals surface area contributed by atoms with Crippen LogP contribution < -0.4 is 0 Å². The van der Waals surface area contributed by atoms with Crippen LogP contribution in [0.2, 0.25) is 0 Å². The molecule has 2 bridgehead atoms. The number of carboxylic acid groups (broad SMARTS) is 1. The molecule has 24 heavy (non-hydrogen) atoms. The Labute approximate surface area is 143 Å². The SMILES string of the molecule is Cc1ccc(CN(C)C(=O)C2CCC3(C(=O)O)CCCC2C3)cc1. The second kappa shape index (κ2) is 6.58. The number of hydrogen-bond acceptors (Lipinski definition) is 2. The number of carboxylic acids is 1. The molecule has 2 aliphatic rings. The van der Waals surface area contributed by atoms with E-state index in [0.29, 0.717) is 25.8 Å². The summed E-state index contributed by atoms with van der Waals surface area (Å²) in [5.41, 5.74) is 1.79. The van der Waals surface area contributed by atoms with Crippen molar-refractivity contribution in [1.82, 2.24) is 4.90 Å². The first kappa shape index (κ1) is 17.0. The van der Waals surface area contributed by atoms with E-state index >= 15 is 0 Å². The van der Waals surface area contributed by atoms with Crippen molar-refractivity contribution in [1.29, 1.82) is 0 Å². The smallest absolute Gasteiger partial charge is 0.309 e. The summed E-state index contributed by atoms with van der Waals surface area (Å²) in [5.74, 6) is -0.252. The maximum absolute atomic E-state index is 12.9. The first-order valence-electron chi connectivity index (χ1n) is 8.95. The average Bonchev–Trinajstić information content (AvgIpc) is 2.56. The maximum Gasteiger partial charge on any atom is 0.309 e. The summed E-state index contributed by atoms with van der Waals surface area (Å²) in [5, 5.41) is 9.60. The van der Waals surface area contributed by atoms with Crippen LogP contribution in [0.15, 0.2) is 24.3 Å². The number of aliphatic carboxylic acids is 1. The molecule has 0 radical (unpaired) electrons. The van der Waals surface area contributed by atoms with Gasteiger partial charge in [-0.1, -0.05) is 36.2 Å². The molecule has 0 spiro atoms. The van der Waals surface area contributed by atoms with E-state index in [-0.39, 0.29) is 17.7 Å². The normalized spacial score (nSPS) is 29.1. The van der Waals surface area contributed by atoms with E-state index in [1.54, 1.807) is 0 Å². The Balaban J connectivity index is 1.67. The summed E-state index contributed by atoms with van der Waals surface area (Å²) in [6, 6.07) is 8.26. The van der Waals surface area contributed by atoms with Gasteiger partial charge in [-0.05, 0) is 50.5 Å². The Morgan fingerprint density at radius 1 is 1.21 bits per heavy atom. The van der Waals surface area contributed by atoms with E-state index < -0.39 is 11.4 Å². The molecule has 2 saturated carbocycles. The number of fused-ring (bicyclic) bond motifs is 2. The van der Waals surface area contributed by atoms with Gasteiger partial charge in [-0.25, -0.2) is 0 Å². The lowest BCUT2D eigenvalue weighted by Crippen LogP contribution is -2.47. The zero-order valence-electron chi connectivity index (χ0n) is 14.6. The average molecular weight is 329 g/mol.